The Balaban J connectivity index is 2.02. The van der Waals surface area contributed by atoms with Crippen LogP contribution >= 0.6 is 0 Å². The molecule has 0 spiro atoms. The molecule has 0 bridgehead atoms. The maximum atomic E-state index is 11.1. The van der Waals surface area contributed by atoms with E-state index in [-0.39, 0.29) is 12.5 Å². The van der Waals surface area contributed by atoms with Crippen LogP contribution in [0.5, 0.6) is 5.75 Å². The van der Waals surface area contributed by atoms with E-state index in [1.807, 2.05) is 36.4 Å². The summed E-state index contributed by atoms with van der Waals surface area (Å²) in [6, 6.07) is 11.7. The zero-order valence-corrected chi connectivity index (χ0v) is 11.1. The van der Waals surface area contributed by atoms with Crippen molar-refractivity contribution in [2.24, 2.45) is 0 Å². The largest absolute Gasteiger partial charge is 0.489 e. The van der Waals surface area contributed by atoms with Gasteiger partial charge in [-0.15, -0.1) is 0 Å². The van der Waals surface area contributed by atoms with E-state index in [9.17, 15) is 4.79 Å². The quantitative estimate of drug-likeness (QED) is 0.895. The summed E-state index contributed by atoms with van der Waals surface area (Å²) in [5.41, 5.74) is 0.766. The summed E-state index contributed by atoms with van der Waals surface area (Å²) in [5.74, 6) is -0.143. The Morgan fingerprint density at radius 2 is 2.15 bits per heavy atom. The summed E-state index contributed by atoms with van der Waals surface area (Å²) in [5, 5.41) is 14.4. The van der Waals surface area contributed by atoms with Gasteiger partial charge in [0.2, 0.25) is 0 Å². The van der Waals surface area contributed by atoms with Crippen molar-refractivity contribution in [2.75, 3.05) is 13.1 Å². The number of nitrogens with one attached hydrogen (secondary N) is 1. The van der Waals surface area contributed by atoms with Crippen molar-refractivity contribution in [3.63, 3.8) is 0 Å². The van der Waals surface area contributed by atoms with Crippen LogP contribution in [-0.4, -0.2) is 30.3 Å². The molecule has 1 fully saturated rings. The number of rotatable bonds is 4. The lowest BCUT2D eigenvalue weighted by atomic mass is 10.0. The van der Waals surface area contributed by atoms with Gasteiger partial charge in [-0.1, -0.05) is 30.3 Å². The molecule has 0 amide bonds. The first-order valence-electron chi connectivity index (χ1n) is 6.84. The van der Waals surface area contributed by atoms with Crippen LogP contribution in [0.4, 0.5) is 0 Å². The van der Waals surface area contributed by atoms with Gasteiger partial charge in [0.1, 0.15) is 11.9 Å². The smallest absolute Gasteiger partial charge is 0.307 e. The van der Waals surface area contributed by atoms with Gasteiger partial charge in [-0.25, -0.2) is 0 Å². The van der Waals surface area contributed by atoms with Crippen LogP contribution in [0.15, 0.2) is 36.4 Å². The molecule has 0 aromatic heterocycles. The molecule has 2 aromatic rings. The highest BCUT2D eigenvalue weighted by Gasteiger charge is 2.19. The Bertz CT molecular complexity index is 633. The summed E-state index contributed by atoms with van der Waals surface area (Å²) >= 11 is 0. The van der Waals surface area contributed by atoms with E-state index in [4.69, 9.17) is 9.84 Å². The number of hydrogen-bond acceptors (Lipinski definition) is 3. The van der Waals surface area contributed by atoms with E-state index < -0.39 is 5.97 Å². The van der Waals surface area contributed by atoms with Crippen molar-refractivity contribution in [3.8, 4) is 5.75 Å². The molecule has 4 heteroatoms. The molecule has 0 aliphatic carbocycles. The highest BCUT2D eigenvalue weighted by atomic mass is 16.5. The van der Waals surface area contributed by atoms with Crippen molar-refractivity contribution >= 4 is 16.7 Å². The van der Waals surface area contributed by atoms with Gasteiger partial charge in [-0.2, -0.15) is 0 Å². The summed E-state index contributed by atoms with van der Waals surface area (Å²) in [6.07, 6.45) is 1.07. The Kier molecular flexibility index (Phi) is 3.56. The zero-order chi connectivity index (χ0) is 13.9. The molecule has 3 rings (SSSR count). The highest BCUT2D eigenvalue weighted by molar-refractivity contribution is 5.90. The zero-order valence-electron chi connectivity index (χ0n) is 11.1. The van der Waals surface area contributed by atoms with Crippen molar-refractivity contribution in [1.29, 1.82) is 0 Å². The number of hydrogen-bond donors (Lipinski definition) is 2. The number of carboxylic acids is 1. The SMILES string of the molecule is O=C(O)Cc1c(OC2CCNC2)ccc2ccccc12. The summed E-state index contributed by atoms with van der Waals surface area (Å²) in [6.45, 7) is 1.77. The minimum absolute atomic E-state index is 0.0170. The van der Waals surface area contributed by atoms with E-state index in [1.165, 1.54) is 0 Å². The molecule has 4 nitrogen and oxygen atoms in total. The fraction of sp³-hybridized carbons (Fsp3) is 0.312. The van der Waals surface area contributed by atoms with E-state index >= 15 is 0 Å². The van der Waals surface area contributed by atoms with E-state index in [1.54, 1.807) is 0 Å². The summed E-state index contributed by atoms with van der Waals surface area (Å²) in [7, 11) is 0. The number of aliphatic carboxylic acids is 1. The molecular weight excluding hydrogens is 254 g/mol. The van der Waals surface area contributed by atoms with E-state index in [0.717, 1.165) is 35.8 Å². The molecule has 0 radical (unpaired) electrons. The molecule has 1 aliphatic rings. The number of benzene rings is 2. The van der Waals surface area contributed by atoms with Crippen LogP contribution in [-0.2, 0) is 11.2 Å². The first-order valence-corrected chi connectivity index (χ1v) is 6.84. The minimum atomic E-state index is -0.837. The molecule has 2 aromatic carbocycles. The third-order valence-electron chi connectivity index (χ3n) is 3.63. The number of carbonyl (C=O) groups is 1. The molecule has 2 N–H and O–H groups in total. The molecule has 1 saturated heterocycles. The van der Waals surface area contributed by atoms with Gasteiger partial charge >= 0.3 is 5.97 Å². The lowest BCUT2D eigenvalue weighted by Gasteiger charge is -2.17. The number of fused-ring (bicyclic) bond motifs is 1. The van der Waals surface area contributed by atoms with Crippen LogP contribution < -0.4 is 10.1 Å². The van der Waals surface area contributed by atoms with Crippen molar-refractivity contribution in [2.45, 2.75) is 18.9 Å². The van der Waals surface area contributed by atoms with Gasteiger partial charge in [0, 0.05) is 12.1 Å². The fourth-order valence-corrected chi connectivity index (χ4v) is 2.67. The Labute approximate surface area is 117 Å². The lowest BCUT2D eigenvalue weighted by molar-refractivity contribution is -0.136. The van der Waals surface area contributed by atoms with Crippen molar-refractivity contribution < 1.29 is 14.6 Å². The van der Waals surface area contributed by atoms with Gasteiger partial charge in [0.25, 0.3) is 0 Å². The number of ether oxygens (including phenoxy) is 1. The third kappa shape index (κ3) is 2.60. The Hall–Kier alpha value is -2.07. The van der Waals surface area contributed by atoms with Crippen molar-refractivity contribution in [3.05, 3.63) is 42.0 Å². The monoisotopic (exact) mass is 271 g/mol. The fourth-order valence-electron chi connectivity index (χ4n) is 2.67. The van der Waals surface area contributed by atoms with E-state index in [0.29, 0.717) is 5.75 Å². The predicted octanol–water partition coefficient (Wildman–Crippen LogP) is 2.21. The van der Waals surface area contributed by atoms with Gasteiger partial charge in [0.15, 0.2) is 0 Å². The lowest BCUT2D eigenvalue weighted by Crippen LogP contribution is -2.20. The van der Waals surface area contributed by atoms with Gasteiger partial charge < -0.3 is 15.2 Å². The second-order valence-corrected chi connectivity index (χ2v) is 5.07. The van der Waals surface area contributed by atoms with Gasteiger partial charge in [-0.05, 0) is 29.8 Å². The standard InChI is InChI=1S/C16H17NO3/c18-16(19)9-14-13-4-2-1-3-11(13)5-6-15(14)20-12-7-8-17-10-12/h1-6,12,17H,7-10H2,(H,18,19). The van der Waals surface area contributed by atoms with Crippen LogP contribution in [0.2, 0.25) is 0 Å². The topological polar surface area (TPSA) is 58.6 Å². The summed E-state index contributed by atoms with van der Waals surface area (Å²) in [4.78, 5) is 11.1. The molecule has 20 heavy (non-hydrogen) atoms. The van der Waals surface area contributed by atoms with Crippen LogP contribution in [0, 0.1) is 0 Å². The maximum absolute atomic E-state index is 11.1. The summed E-state index contributed by atoms with van der Waals surface area (Å²) < 4.78 is 5.99. The molecule has 1 atom stereocenters. The minimum Gasteiger partial charge on any atom is -0.489 e. The normalized spacial score (nSPS) is 18.3. The average molecular weight is 271 g/mol. The highest BCUT2D eigenvalue weighted by Crippen LogP contribution is 2.30. The molecule has 104 valence electrons. The second-order valence-electron chi connectivity index (χ2n) is 5.07. The molecule has 1 aliphatic heterocycles. The first kappa shape index (κ1) is 12.9. The van der Waals surface area contributed by atoms with Gasteiger partial charge in [-0.3, -0.25) is 4.79 Å². The van der Waals surface area contributed by atoms with Crippen LogP contribution in [0.1, 0.15) is 12.0 Å². The Morgan fingerprint density at radius 3 is 2.90 bits per heavy atom. The third-order valence-corrected chi connectivity index (χ3v) is 3.63. The second kappa shape index (κ2) is 5.51. The molecular formula is C16H17NO3. The molecule has 1 heterocycles. The van der Waals surface area contributed by atoms with Gasteiger partial charge in [0.05, 0.1) is 6.42 Å². The molecule has 0 saturated carbocycles. The Morgan fingerprint density at radius 1 is 1.30 bits per heavy atom. The maximum Gasteiger partial charge on any atom is 0.307 e. The van der Waals surface area contributed by atoms with Crippen molar-refractivity contribution in [1.82, 2.24) is 5.32 Å². The predicted molar refractivity (Wildman–Crippen MR) is 77.2 cm³/mol. The number of carboxylic acid groups (broad SMARTS) is 1. The van der Waals surface area contributed by atoms with Crippen LogP contribution in [0.25, 0.3) is 10.8 Å². The molecule has 1 unspecified atom stereocenters. The average Bonchev–Trinajstić information content (AvgIpc) is 2.94. The first-order chi connectivity index (χ1) is 9.74. The van der Waals surface area contributed by atoms with Crippen LogP contribution in [0.3, 0.4) is 0 Å². The van der Waals surface area contributed by atoms with E-state index in [2.05, 4.69) is 5.32 Å².